The van der Waals surface area contributed by atoms with E-state index < -0.39 is 11.7 Å². The van der Waals surface area contributed by atoms with E-state index in [0.29, 0.717) is 5.56 Å². The highest BCUT2D eigenvalue weighted by Crippen LogP contribution is 2.33. The van der Waals surface area contributed by atoms with E-state index in [-0.39, 0.29) is 6.04 Å². The van der Waals surface area contributed by atoms with E-state index in [1.54, 1.807) is 6.07 Å². The number of benzene rings is 2. The van der Waals surface area contributed by atoms with Crippen LogP contribution in [0.1, 0.15) is 24.0 Å². The average molecular weight is 339 g/mol. The fourth-order valence-electron chi connectivity index (χ4n) is 3.33. The van der Waals surface area contributed by atoms with Crippen molar-refractivity contribution in [3.05, 3.63) is 83.5 Å². The van der Waals surface area contributed by atoms with Crippen LogP contribution >= 0.6 is 0 Å². The Labute approximate surface area is 144 Å². The van der Waals surface area contributed by atoms with Gasteiger partial charge in [-0.1, -0.05) is 48.6 Å². The molecule has 0 N–H and O–H groups in total. The van der Waals surface area contributed by atoms with Crippen molar-refractivity contribution in [3.63, 3.8) is 0 Å². The minimum Gasteiger partial charge on any atom is -0.281 e. The molecule has 1 atom stereocenters. The zero-order valence-electron chi connectivity index (χ0n) is 13.4. The van der Waals surface area contributed by atoms with Gasteiger partial charge < -0.3 is 0 Å². The van der Waals surface area contributed by atoms with Crippen molar-refractivity contribution in [2.24, 2.45) is 4.99 Å². The Balaban J connectivity index is 1.67. The first-order valence-corrected chi connectivity index (χ1v) is 8.21. The molecule has 0 spiro atoms. The molecular weight excluding hydrogens is 323 g/mol. The molecule has 2 aromatic rings. The van der Waals surface area contributed by atoms with E-state index in [1.807, 2.05) is 24.3 Å². The lowest BCUT2D eigenvalue weighted by Gasteiger charge is -2.10. The molecule has 1 nitrogen and oxygen atoms in total. The molecule has 2 aromatic carbocycles. The van der Waals surface area contributed by atoms with Gasteiger partial charge in [0.15, 0.2) is 0 Å². The van der Waals surface area contributed by atoms with Crippen LogP contribution in [0.2, 0.25) is 0 Å². The molecule has 0 fully saturated rings. The van der Waals surface area contributed by atoms with Gasteiger partial charge in [0.05, 0.1) is 11.6 Å². The highest BCUT2D eigenvalue weighted by molar-refractivity contribution is 6.04. The third-order valence-corrected chi connectivity index (χ3v) is 4.64. The molecule has 4 rings (SSSR count). The van der Waals surface area contributed by atoms with Crippen LogP contribution in [0.15, 0.2) is 77.3 Å². The van der Waals surface area contributed by atoms with Gasteiger partial charge >= 0.3 is 6.18 Å². The maximum absolute atomic E-state index is 12.9. The molecule has 4 heteroatoms. The van der Waals surface area contributed by atoms with E-state index in [2.05, 4.69) is 18.2 Å². The second-order valence-electron chi connectivity index (χ2n) is 6.33. The van der Waals surface area contributed by atoms with Gasteiger partial charge in [-0.05, 0) is 46.9 Å². The van der Waals surface area contributed by atoms with E-state index in [0.717, 1.165) is 35.7 Å². The molecule has 0 saturated carbocycles. The third kappa shape index (κ3) is 3.16. The number of hydrogen-bond donors (Lipinski definition) is 0. The monoisotopic (exact) mass is 339 g/mol. The summed E-state index contributed by atoms with van der Waals surface area (Å²) in [4.78, 5) is 4.79. The lowest BCUT2D eigenvalue weighted by molar-refractivity contribution is -0.137. The Kier molecular flexibility index (Phi) is 3.83. The molecule has 0 amide bonds. The Morgan fingerprint density at radius 1 is 0.920 bits per heavy atom. The van der Waals surface area contributed by atoms with Gasteiger partial charge in [0.1, 0.15) is 0 Å². The van der Waals surface area contributed by atoms with Gasteiger partial charge in [0.2, 0.25) is 0 Å². The van der Waals surface area contributed by atoms with Crippen molar-refractivity contribution < 1.29 is 13.2 Å². The van der Waals surface area contributed by atoms with Crippen molar-refractivity contribution in [1.29, 1.82) is 0 Å². The van der Waals surface area contributed by atoms with Crippen molar-refractivity contribution in [2.45, 2.75) is 25.1 Å². The molecule has 0 saturated heterocycles. The summed E-state index contributed by atoms with van der Waals surface area (Å²) in [6.07, 6.45) is 3.67. The normalized spacial score (nSPS) is 19.4. The minimum absolute atomic E-state index is 0.220. The van der Waals surface area contributed by atoms with Crippen LogP contribution in [0.25, 0.3) is 11.1 Å². The Morgan fingerprint density at radius 3 is 2.40 bits per heavy atom. The van der Waals surface area contributed by atoms with Crippen molar-refractivity contribution in [2.75, 3.05) is 0 Å². The number of rotatable bonds is 2. The lowest BCUT2D eigenvalue weighted by atomic mass is 9.95. The first-order chi connectivity index (χ1) is 12.0. The first-order valence-electron chi connectivity index (χ1n) is 8.21. The molecule has 1 unspecified atom stereocenters. The maximum Gasteiger partial charge on any atom is 0.416 e. The van der Waals surface area contributed by atoms with E-state index in [9.17, 15) is 13.2 Å². The number of nitrogens with zero attached hydrogens (tertiary/aromatic N) is 1. The number of halogens is 3. The third-order valence-electron chi connectivity index (χ3n) is 4.64. The van der Waals surface area contributed by atoms with Gasteiger partial charge in [0, 0.05) is 12.1 Å². The minimum atomic E-state index is -4.33. The standard InChI is InChI=1S/C21H16F3N/c22-21(23,24)18-9-4-7-15(12-18)14-6-3-8-16(11-14)20-13-17-5-1-2-10-19(17)25-20/h1-9,11-12,19H,10,13H2. The average Bonchev–Trinajstić information content (AvgIpc) is 3.05. The molecule has 2 aliphatic rings. The molecule has 0 aromatic heterocycles. The zero-order valence-corrected chi connectivity index (χ0v) is 13.4. The molecule has 1 aliphatic heterocycles. The number of hydrogen-bond acceptors (Lipinski definition) is 1. The Hall–Kier alpha value is -2.62. The largest absolute Gasteiger partial charge is 0.416 e. The van der Waals surface area contributed by atoms with Crippen LogP contribution in [-0.2, 0) is 6.18 Å². The molecule has 0 bridgehead atoms. The predicted octanol–water partition coefficient (Wildman–Crippen LogP) is 5.82. The Morgan fingerprint density at radius 2 is 1.64 bits per heavy atom. The quantitative estimate of drug-likeness (QED) is 0.654. The van der Waals surface area contributed by atoms with E-state index >= 15 is 0 Å². The van der Waals surface area contributed by atoms with Gasteiger partial charge in [-0.25, -0.2) is 0 Å². The zero-order chi connectivity index (χ0) is 17.4. The fourth-order valence-corrected chi connectivity index (χ4v) is 3.33. The van der Waals surface area contributed by atoms with E-state index in [1.165, 1.54) is 17.7 Å². The lowest BCUT2D eigenvalue weighted by Crippen LogP contribution is -2.04. The second-order valence-corrected chi connectivity index (χ2v) is 6.33. The summed E-state index contributed by atoms with van der Waals surface area (Å²) < 4.78 is 38.8. The number of fused-ring (bicyclic) bond motifs is 1. The summed E-state index contributed by atoms with van der Waals surface area (Å²) in [5.74, 6) is 0. The van der Waals surface area contributed by atoms with Crippen LogP contribution in [0.5, 0.6) is 0 Å². The summed E-state index contributed by atoms with van der Waals surface area (Å²) in [6.45, 7) is 0. The number of aliphatic imine (C=N–C) groups is 1. The molecule has 126 valence electrons. The Bertz CT molecular complexity index is 903. The summed E-state index contributed by atoms with van der Waals surface area (Å²) in [5, 5.41) is 0. The molecule has 25 heavy (non-hydrogen) atoms. The van der Waals surface area contributed by atoms with Crippen molar-refractivity contribution in [1.82, 2.24) is 0 Å². The summed E-state index contributed by atoms with van der Waals surface area (Å²) in [6, 6.07) is 13.3. The SMILES string of the molecule is FC(F)(F)c1cccc(-c2cccc(C3=NC4CC=CC=C4C3)c2)c1. The number of allylic oxidation sites excluding steroid dienone is 2. The predicted molar refractivity (Wildman–Crippen MR) is 93.7 cm³/mol. The first kappa shape index (κ1) is 15.9. The van der Waals surface area contributed by atoms with E-state index in [4.69, 9.17) is 4.99 Å². The van der Waals surface area contributed by atoms with Gasteiger partial charge in [0.25, 0.3) is 0 Å². The molecular formula is C21H16F3N. The summed E-state index contributed by atoms with van der Waals surface area (Å²) in [5.41, 5.74) is 4.00. The number of alkyl halides is 3. The highest BCUT2D eigenvalue weighted by Gasteiger charge is 2.30. The van der Waals surface area contributed by atoms with Crippen LogP contribution in [-0.4, -0.2) is 11.8 Å². The summed E-state index contributed by atoms with van der Waals surface area (Å²) >= 11 is 0. The summed E-state index contributed by atoms with van der Waals surface area (Å²) in [7, 11) is 0. The maximum atomic E-state index is 12.9. The molecule has 1 aliphatic carbocycles. The van der Waals surface area contributed by atoms with Gasteiger partial charge in [-0.3, -0.25) is 4.99 Å². The topological polar surface area (TPSA) is 12.4 Å². The second kappa shape index (κ2) is 6.03. The van der Waals surface area contributed by atoms with Crippen LogP contribution in [0, 0.1) is 0 Å². The van der Waals surface area contributed by atoms with Crippen LogP contribution in [0.4, 0.5) is 13.2 Å². The van der Waals surface area contributed by atoms with Gasteiger partial charge in [-0.15, -0.1) is 0 Å². The molecule has 1 heterocycles. The van der Waals surface area contributed by atoms with Crippen LogP contribution < -0.4 is 0 Å². The van der Waals surface area contributed by atoms with Crippen LogP contribution in [0.3, 0.4) is 0 Å². The fraction of sp³-hybridized carbons (Fsp3) is 0.190. The smallest absolute Gasteiger partial charge is 0.281 e. The van der Waals surface area contributed by atoms with Crippen molar-refractivity contribution in [3.8, 4) is 11.1 Å². The molecule has 0 radical (unpaired) electrons. The van der Waals surface area contributed by atoms with Crippen molar-refractivity contribution >= 4 is 5.71 Å². The highest BCUT2D eigenvalue weighted by atomic mass is 19.4. The van der Waals surface area contributed by atoms with Gasteiger partial charge in [-0.2, -0.15) is 13.2 Å².